The number of nitrogens with zero attached hydrogens (tertiary/aromatic N) is 2. The van der Waals surface area contributed by atoms with Gasteiger partial charge in [0.15, 0.2) is 11.5 Å². The summed E-state index contributed by atoms with van der Waals surface area (Å²) in [5, 5.41) is 0. The summed E-state index contributed by atoms with van der Waals surface area (Å²) in [7, 11) is 0. The van der Waals surface area contributed by atoms with Gasteiger partial charge in [-0.25, -0.2) is 0 Å². The van der Waals surface area contributed by atoms with Gasteiger partial charge in [-0.15, -0.1) is 0 Å². The molecular weight excluding hydrogens is 292 g/mol. The molecule has 0 saturated carbocycles. The molecule has 23 heavy (non-hydrogen) atoms. The van der Waals surface area contributed by atoms with E-state index in [2.05, 4.69) is 24.8 Å². The highest BCUT2D eigenvalue weighted by Gasteiger charge is 2.22. The van der Waals surface area contributed by atoms with Crippen molar-refractivity contribution < 1.29 is 14.3 Å². The van der Waals surface area contributed by atoms with E-state index < -0.39 is 0 Å². The molecule has 1 aromatic rings. The van der Waals surface area contributed by atoms with Crippen molar-refractivity contribution in [2.75, 3.05) is 39.5 Å². The van der Waals surface area contributed by atoms with Crippen molar-refractivity contribution in [2.45, 2.75) is 20.3 Å². The number of benzene rings is 1. The van der Waals surface area contributed by atoms with Gasteiger partial charge in [0.05, 0.1) is 0 Å². The summed E-state index contributed by atoms with van der Waals surface area (Å²) in [6.45, 7) is 8.96. The van der Waals surface area contributed by atoms with E-state index in [1.165, 1.54) is 5.57 Å². The second-order valence-corrected chi connectivity index (χ2v) is 6.30. The Morgan fingerprint density at radius 1 is 1.13 bits per heavy atom. The van der Waals surface area contributed by atoms with Crippen LogP contribution in [0.5, 0.6) is 11.5 Å². The molecule has 0 aromatic heterocycles. The minimum absolute atomic E-state index is 0.0763. The summed E-state index contributed by atoms with van der Waals surface area (Å²) in [5.41, 5.74) is 2.01. The third-order valence-corrected chi connectivity index (χ3v) is 4.25. The van der Waals surface area contributed by atoms with Crippen LogP contribution >= 0.6 is 0 Å². The number of hydrogen-bond acceptors (Lipinski definition) is 4. The molecule has 0 unspecified atom stereocenters. The second kappa shape index (κ2) is 7.04. The van der Waals surface area contributed by atoms with E-state index in [0.29, 0.717) is 17.1 Å². The zero-order chi connectivity index (χ0) is 16.2. The average Bonchev–Trinajstić information content (AvgIpc) is 2.88. The Kier molecular flexibility index (Phi) is 4.86. The van der Waals surface area contributed by atoms with Crippen LogP contribution < -0.4 is 9.47 Å². The molecule has 0 bridgehead atoms. The standard InChI is InChI=1S/C18H24N2O3/c1-14(2)6-9-19-7-3-8-20(11-10-19)18(21)15-4-5-16-17(12-15)23-13-22-16/h4-6,12H,3,7-11,13H2,1-2H3. The number of allylic oxidation sites excluding steroid dienone is 1. The Bertz CT molecular complexity index is 608. The molecule has 5 heteroatoms. The van der Waals surface area contributed by atoms with E-state index in [9.17, 15) is 4.79 Å². The van der Waals surface area contributed by atoms with Gasteiger partial charge in [0.2, 0.25) is 6.79 Å². The molecule has 5 nitrogen and oxygen atoms in total. The average molecular weight is 316 g/mol. The first-order chi connectivity index (χ1) is 11.1. The van der Waals surface area contributed by atoms with Crippen molar-refractivity contribution in [2.24, 2.45) is 0 Å². The smallest absolute Gasteiger partial charge is 0.254 e. The molecule has 1 aromatic carbocycles. The van der Waals surface area contributed by atoms with Gasteiger partial charge in [0, 0.05) is 38.3 Å². The Balaban J connectivity index is 1.63. The molecule has 0 atom stereocenters. The summed E-state index contributed by atoms with van der Waals surface area (Å²) < 4.78 is 10.7. The fourth-order valence-corrected chi connectivity index (χ4v) is 2.88. The fraction of sp³-hybridized carbons (Fsp3) is 0.500. The van der Waals surface area contributed by atoms with Crippen LogP contribution in [0.1, 0.15) is 30.6 Å². The Morgan fingerprint density at radius 2 is 1.96 bits per heavy atom. The first-order valence-corrected chi connectivity index (χ1v) is 8.18. The van der Waals surface area contributed by atoms with Crippen LogP contribution in [-0.2, 0) is 0 Å². The third kappa shape index (κ3) is 3.85. The summed E-state index contributed by atoms with van der Waals surface area (Å²) in [4.78, 5) is 17.1. The highest BCUT2D eigenvalue weighted by molar-refractivity contribution is 5.95. The van der Waals surface area contributed by atoms with E-state index >= 15 is 0 Å². The van der Waals surface area contributed by atoms with Crippen LogP contribution in [-0.4, -0.2) is 55.2 Å². The van der Waals surface area contributed by atoms with Crippen LogP contribution in [0.3, 0.4) is 0 Å². The number of rotatable bonds is 3. The Hall–Kier alpha value is -2.01. The van der Waals surface area contributed by atoms with Crippen molar-refractivity contribution in [1.29, 1.82) is 0 Å². The molecule has 2 aliphatic rings. The van der Waals surface area contributed by atoms with Crippen LogP contribution in [0, 0.1) is 0 Å². The number of hydrogen-bond donors (Lipinski definition) is 0. The van der Waals surface area contributed by atoms with Crippen molar-refractivity contribution in [3.8, 4) is 11.5 Å². The van der Waals surface area contributed by atoms with Crippen molar-refractivity contribution in [1.82, 2.24) is 9.80 Å². The molecule has 1 fully saturated rings. The zero-order valence-electron chi connectivity index (χ0n) is 13.9. The molecule has 1 saturated heterocycles. The first-order valence-electron chi connectivity index (χ1n) is 8.18. The van der Waals surface area contributed by atoms with E-state index in [-0.39, 0.29) is 12.7 Å². The van der Waals surface area contributed by atoms with Gasteiger partial charge in [-0.2, -0.15) is 0 Å². The lowest BCUT2D eigenvalue weighted by molar-refractivity contribution is 0.0761. The largest absolute Gasteiger partial charge is 0.454 e. The molecule has 0 spiro atoms. The van der Waals surface area contributed by atoms with Gasteiger partial charge in [-0.3, -0.25) is 9.69 Å². The summed E-state index contributed by atoms with van der Waals surface area (Å²) in [5.74, 6) is 1.45. The lowest BCUT2D eigenvalue weighted by Gasteiger charge is -2.21. The number of fused-ring (bicyclic) bond motifs is 1. The highest BCUT2D eigenvalue weighted by Crippen LogP contribution is 2.32. The summed E-state index contributed by atoms with van der Waals surface area (Å²) in [6.07, 6.45) is 3.25. The molecule has 0 aliphatic carbocycles. The third-order valence-electron chi connectivity index (χ3n) is 4.25. The van der Waals surface area contributed by atoms with Crippen molar-refractivity contribution in [3.05, 3.63) is 35.4 Å². The van der Waals surface area contributed by atoms with Gasteiger partial charge in [-0.05, 0) is 38.5 Å². The van der Waals surface area contributed by atoms with Gasteiger partial charge in [0.25, 0.3) is 5.91 Å². The first kappa shape index (κ1) is 15.9. The quantitative estimate of drug-likeness (QED) is 0.804. The van der Waals surface area contributed by atoms with Crippen molar-refractivity contribution in [3.63, 3.8) is 0 Å². The van der Waals surface area contributed by atoms with Crippen LogP contribution in [0.4, 0.5) is 0 Å². The monoisotopic (exact) mass is 316 g/mol. The second-order valence-electron chi connectivity index (χ2n) is 6.30. The van der Waals surface area contributed by atoms with Crippen LogP contribution in [0.15, 0.2) is 29.8 Å². The van der Waals surface area contributed by atoms with Gasteiger partial charge in [0.1, 0.15) is 0 Å². The highest BCUT2D eigenvalue weighted by atomic mass is 16.7. The minimum atomic E-state index is 0.0763. The maximum absolute atomic E-state index is 12.7. The maximum Gasteiger partial charge on any atom is 0.254 e. The van der Waals surface area contributed by atoms with E-state index in [1.54, 1.807) is 6.07 Å². The van der Waals surface area contributed by atoms with E-state index in [4.69, 9.17) is 9.47 Å². The summed E-state index contributed by atoms with van der Waals surface area (Å²) >= 11 is 0. The predicted molar refractivity (Wildman–Crippen MR) is 89.0 cm³/mol. The molecule has 1 amide bonds. The van der Waals surface area contributed by atoms with Gasteiger partial charge >= 0.3 is 0 Å². The predicted octanol–water partition coefficient (Wildman–Crippen LogP) is 2.53. The number of carbonyl (C=O) groups excluding carboxylic acids is 1. The lowest BCUT2D eigenvalue weighted by Crippen LogP contribution is -2.35. The molecule has 0 N–H and O–H groups in total. The number of ether oxygens (including phenoxy) is 2. The fourth-order valence-electron chi connectivity index (χ4n) is 2.88. The SMILES string of the molecule is CC(C)=CCN1CCCN(C(=O)c2ccc3c(c2)OCO3)CC1. The molecular formula is C18H24N2O3. The molecule has 124 valence electrons. The van der Waals surface area contributed by atoms with Gasteiger partial charge < -0.3 is 14.4 Å². The number of amides is 1. The molecule has 2 aliphatic heterocycles. The maximum atomic E-state index is 12.7. The Morgan fingerprint density at radius 3 is 2.78 bits per heavy atom. The van der Waals surface area contributed by atoms with Gasteiger partial charge in [-0.1, -0.05) is 11.6 Å². The molecule has 3 rings (SSSR count). The topological polar surface area (TPSA) is 42.0 Å². The normalized spacial score (nSPS) is 17.7. The van der Waals surface area contributed by atoms with Crippen molar-refractivity contribution >= 4 is 5.91 Å². The minimum Gasteiger partial charge on any atom is -0.454 e. The zero-order valence-corrected chi connectivity index (χ0v) is 13.9. The molecule has 2 heterocycles. The van der Waals surface area contributed by atoms with E-state index in [1.807, 2.05) is 17.0 Å². The van der Waals surface area contributed by atoms with Crippen LogP contribution in [0.25, 0.3) is 0 Å². The Labute approximate surface area is 137 Å². The lowest BCUT2D eigenvalue weighted by atomic mass is 10.1. The summed E-state index contributed by atoms with van der Waals surface area (Å²) in [6, 6.07) is 5.42. The van der Waals surface area contributed by atoms with Crippen LogP contribution in [0.2, 0.25) is 0 Å². The van der Waals surface area contributed by atoms with E-state index in [0.717, 1.165) is 39.1 Å². The molecule has 0 radical (unpaired) electrons. The number of carbonyl (C=O) groups is 1.